The summed E-state index contributed by atoms with van der Waals surface area (Å²) in [6, 6.07) is 0. The molecule has 8 atom stereocenters. The molecule has 30 heavy (non-hydrogen) atoms. The Morgan fingerprint density at radius 1 is 1.27 bits per heavy atom. The van der Waals surface area contributed by atoms with Crippen LogP contribution in [0, 0.1) is 40.4 Å². The fourth-order valence-corrected chi connectivity index (χ4v) is 8.37. The van der Waals surface area contributed by atoms with Gasteiger partial charge in [-0.25, -0.2) is 0 Å². The second-order valence-electron chi connectivity index (χ2n) is 10.3. The number of carbonyl (C=O) groups excluding carboxylic acids is 1. The van der Waals surface area contributed by atoms with Crippen molar-refractivity contribution in [3.63, 3.8) is 0 Å². The molecule has 170 valence electrons. The largest absolute Gasteiger partial charge is 0.392 e. The van der Waals surface area contributed by atoms with Gasteiger partial charge in [-0.1, -0.05) is 26.3 Å². The highest BCUT2D eigenvalue weighted by molar-refractivity contribution is 7.85. The molecule has 0 aromatic rings. The maximum Gasteiger partial charge on any atom is 0.264 e. The van der Waals surface area contributed by atoms with Crippen molar-refractivity contribution in [2.75, 3.05) is 26.1 Å². The lowest BCUT2D eigenvalue weighted by Crippen LogP contribution is -2.72. The molecule has 1 spiro atoms. The minimum atomic E-state index is -3.65. The van der Waals surface area contributed by atoms with Crippen LogP contribution in [-0.2, 0) is 23.8 Å². The topological polar surface area (TPSA) is 89.9 Å². The first-order valence-corrected chi connectivity index (χ1v) is 13.2. The van der Waals surface area contributed by atoms with Crippen LogP contribution in [0.4, 0.5) is 0 Å². The van der Waals surface area contributed by atoms with Crippen LogP contribution in [0.2, 0.25) is 0 Å². The quantitative estimate of drug-likeness (QED) is 0.504. The molecule has 2 bridgehead atoms. The maximum absolute atomic E-state index is 13.6. The molecule has 5 aliphatic rings. The molecule has 1 N–H and O–H groups in total. The molecule has 5 fully saturated rings. The summed E-state index contributed by atoms with van der Waals surface area (Å²) in [6.45, 7) is 9.34. The Bertz CT molecular complexity index is 822. The standard InChI is InChI=1S/C23H36O6S/c1-5-28-13-22-9-6-7-14(2)19(22)17(12-29-30(4,26)27)21(25)23-10-8-16(11-18(22)23)15(3)20(23)24/h14,16-19,21,25H,3,5-13H2,1-2,4H3/t14?,16?,17-,18?,19?,21+,22?,23?/m0/s1. The molecule has 0 radical (unpaired) electrons. The highest BCUT2D eigenvalue weighted by atomic mass is 32.2. The number of rotatable bonds is 6. The molecule has 0 aromatic heterocycles. The molecule has 5 rings (SSSR count). The molecule has 0 amide bonds. The van der Waals surface area contributed by atoms with Crippen LogP contribution in [0.5, 0.6) is 0 Å². The molecular weight excluding hydrogens is 404 g/mol. The lowest BCUT2D eigenvalue weighted by molar-refractivity contribution is -0.247. The number of ketones is 1. The Morgan fingerprint density at radius 2 is 2.00 bits per heavy atom. The van der Waals surface area contributed by atoms with E-state index in [1.54, 1.807) is 0 Å². The number of hydrogen-bond donors (Lipinski definition) is 1. The monoisotopic (exact) mass is 440 g/mol. The second kappa shape index (κ2) is 7.68. The van der Waals surface area contributed by atoms with Crippen molar-refractivity contribution in [3.8, 4) is 0 Å². The van der Waals surface area contributed by atoms with Crippen molar-refractivity contribution in [1.82, 2.24) is 0 Å². The van der Waals surface area contributed by atoms with E-state index in [-0.39, 0.29) is 35.6 Å². The van der Waals surface area contributed by atoms with Crippen LogP contribution in [-0.4, -0.2) is 51.5 Å². The first-order chi connectivity index (χ1) is 14.1. The van der Waals surface area contributed by atoms with Gasteiger partial charge in [-0.3, -0.25) is 8.98 Å². The van der Waals surface area contributed by atoms with E-state index >= 15 is 0 Å². The minimum Gasteiger partial charge on any atom is -0.392 e. The number of carbonyl (C=O) groups is 1. The second-order valence-corrected chi connectivity index (χ2v) is 11.9. The molecule has 0 aromatic carbocycles. The molecule has 6 nitrogen and oxygen atoms in total. The van der Waals surface area contributed by atoms with Gasteiger partial charge in [-0.05, 0) is 61.9 Å². The van der Waals surface area contributed by atoms with Crippen molar-refractivity contribution in [2.24, 2.45) is 40.4 Å². The molecule has 0 heterocycles. The number of fused-ring (bicyclic) bond motifs is 3. The number of aliphatic hydroxyl groups is 1. The van der Waals surface area contributed by atoms with Crippen LogP contribution in [0.25, 0.3) is 0 Å². The fourth-order valence-electron chi connectivity index (χ4n) is 7.97. The number of allylic oxidation sites excluding steroid dienone is 1. The summed E-state index contributed by atoms with van der Waals surface area (Å²) in [5, 5.41) is 11.7. The third kappa shape index (κ3) is 3.14. The minimum absolute atomic E-state index is 0.000550. The maximum atomic E-state index is 13.6. The van der Waals surface area contributed by atoms with Gasteiger partial charge < -0.3 is 9.84 Å². The van der Waals surface area contributed by atoms with E-state index in [4.69, 9.17) is 8.92 Å². The third-order valence-electron chi connectivity index (χ3n) is 8.97. The van der Waals surface area contributed by atoms with E-state index in [1.165, 1.54) is 0 Å². The van der Waals surface area contributed by atoms with Gasteiger partial charge in [0.1, 0.15) is 0 Å². The summed E-state index contributed by atoms with van der Waals surface area (Å²) >= 11 is 0. The first kappa shape index (κ1) is 22.4. The zero-order chi connectivity index (χ0) is 21.9. The van der Waals surface area contributed by atoms with Gasteiger partial charge >= 0.3 is 0 Å². The summed E-state index contributed by atoms with van der Waals surface area (Å²) in [6.07, 6.45) is 5.54. The summed E-state index contributed by atoms with van der Waals surface area (Å²) in [5.74, 6) is 0.184. The highest BCUT2D eigenvalue weighted by Gasteiger charge is 2.72. The summed E-state index contributed by atoms with van der Waals surface area (Å²) in [4.78, 5) is 13.6. The van der Waals surface area contributed by atoms with Gasteiger partial charge in [0, 0.05) is 17.9 Å². The molecule has 7 heteroatoms. The Morgan fingerprint density at radius 3 is 2.67 bits per heavy atom. The zero-order valence-corrected chi connectivity index (χ0v) is 19.2. The average molecular weight is 441 g/mol. The number of ether oxygens (including phenoxy) is 1. The van der Waals surface area contributed by atoms with Crippen LogP contribution < -0.4 is 0 Å². The molecule has 0 saturated heterocycles. The van der Waals surface area contributed by atoms with E-state index in [2.05, 4.69) is 13.5 Å². The summed E-state index contributed by atoms with van der Waals surface area (Å²) in [5.41, 5.74) is -0.483. The SMILES string of the molecule is C=C1C(=O)C23CCC1CC2C1(COCC)CCCC(C)C1[C@H](COS(C)(=O)=O)[C@H]3O. The van der Waals surface area contributed by atoms with Crippen molar-refractivity contribution in [1.29, 1.82) is 0 Å². The van der Waals surface area contributed by atoms with Gasteiger partial charge in [0.2, 0.25) is 0 Å². The summed E-state index contributed by atoms with van der Waals surface area (Å²) < 4.78 is 35.0. The first-order valence-electron chi connectivity index (χ1n) is 11.4. The molecule has 6 unspecified atom stereocenters. The van der Waals surface area contributed by atoms with E-state index < -0.39 is 27.6 Å². The lowest BCUT2D eigenvalue weighted by atomic mass is 9.35. The predicted molar refractivity (Wildman–Crippen MR) is 113 cm³/mol. The van der Waals surface area contributed by atoms with Crippen molar-refractivity contribution in [3.05, 3.63) is 12.2 Å². The third-order valence-corrected chi connectivity index (χ3v) is 9.54. The van der Waals surface area contributed by atoms with Crippen LogP contribution in [0.1, 0.15) is 52.4 Å². The average Bonchev–Trinajstić information content (AvgIpc) is 2.70. The molecule has 5 aliphatic carbocycles. The van der Waals surface area contributed by atoms with E-state index in [0.29, 0.717) is 31.1 Å². The summed E-state index contributed by atoms with van der Waals surface area (Å²) in [7, 11) is -3.65. The van der Waals surface area contributed by atoms with Gasteiger partial charge in [0.15, 0.2) is 5.78 Å². The lowest BCUT2D eigenvalue weighted by Gasteiger charge is -2.69. The van der Waals surface area contributed by atoms with Gasteiger partial charge in [-0.15, -0.1) is 0 Å². The van der Waals surface area contributed by atoms with Crippen molar-refractivity contribution >= 4 is 15.9 Å². The molecular formula is C23H36O6S. The van der Waals surface area contributed by atoms with Crippen molar-refractivity contribution in [2.45, 2.75) is 58.5 Å². The zero-order valence-electron chi connectivity index (χ0n) is 18.4. The normalized spacial score (nSPS) is 45.9. The van der Waals surface area contributed by atoms with Crippen LogP contribution in [0.3, 0.4) is 0 Å². The Hall–Kier alpha value is -0.760. The van der Waals surface area contributed by atoms with E-state index in [0.717, 1.165) is 38.4 Å². The number of aliphatic hydroxyl groups excluding tert-OH is 1. The molecule has 5 saturated carbocycles. The smallest absolute Gasteiger partial charge is 0.264 e. The predicted octanol–water partition coefficient (Wildman–Crippen LogP) is 2.95. The van der Waals surface area contributed by atoms with Crippen molar-refractivity contribution < 1.29 is 27.2 Å². The van der Waals surface area contributed by atoms with Gasteiger partial charge in [-0.2, -0.15) is 8.42 Å². The number of Topliss-reactive ketones (excluding diaryl/α,β-unsaturated/α-hetero) is 1. The van der Waals surface area contributed by atoms with Gasteiger partial charge in [0.05, 0.1) is 31.0 Å². The fraction of sp³-hybridized carbons (Fsp3) is 0.870. The van der Waals surface area contributed by atoms with Crippen LogP contribution >= 0.6 is 0 Å². The van der Waals surface area contributed by atoms with E-state index in [1.807, 2.05) is 6.92 Å². The van der Waals surface area contributed by atoms with Crippen LogP contribution in [0.15, 0.2) is 12.2 Å². The van der Waals surface area contributed by atoms with Gasteiger partial charge in [0.25, 0.3) is 10.1 Å². The van der Waals surface area contributed by atoms with E-state index in [9.17, 15) is 18.3 Å². The number of hydrogen-bond acceptors (Lipinski definition) is 6. The Balaban J connectivity index is 1.85. The highest BCUT2D eigenvalue weighted by Crippen LogP contribution is 2.70. The molecule has 0 aliphatic heterocycles. The Kier molecular flexibility index (Phi) is 5.74. The Labute approximate surface area is 180 Å².